The number of aromatic nitrogens is 3. The molecule has 2 amide bonds. The van der Waals surface area contributed by atoms with E-state index >= 15 is 0 Å². The summed E-state index contributed by atoms with van der Waals surface area (Å²) in [5.74, 6) is -0.112. The fourth-order valence-corrected chi connectivity index (χ4v) is 3.54. The Labute approximate surface area is 213 Å². The minimum Gasteiger partial charge on any atom is -0.493 e. The van der Waals surface area contributed by atoms with Gasteiger partial charge >= 0.3 is 6.36 Å². The van der Waals surface area contributed by atoms with Crippen LogP contribution in [-0.4, -0.2) is 39.9 Å². The molecule has 1 aliphatic carbocycles. The summed E-state index contributed by atoms with van der Waals surface area (Å²) >= 11 is 0. The number of methoxy groups -OCH3 is 1. The molecular formula is C25H20F3N5O5. The standard InChI is InChI=1S/C25H20F3N5O5/c1-36-18-8-7-16(29-24(35)15-3-2-4-17(11-15)38-25(26,27)28)12-19(18)37-22-10-9-21-30-20(13-33(21)32-22)31-23(34)14-5-6-14/h2-4,7-14H,5-6H2,1H3,(H,29,35)(H,31,34). The van der Waals surface area contributed by atoms with E-state index in [0.717, 1.165) is 25.0 Å². The number of carbonyl (C=O) groups is 2. The van der Waals surface area contributed by atoms with E-state index in [4.69, 9.17) is 9.47 Å². The van der Waals surface area contributed by atoms with Crippen molar-refractivity contribution in [3.8, 4) is 23.1 Å². The summed E-state index contributed by atoms with van der Waals surface area (Å²) in [5, 5.41) is 9.71. The number of carbonyl (C=O) groups excluding carboxylic acids is 2. The molecule has 2 aromatic carbocycles. The summed E-state index contributed by atoms with van der Waals surface area (Å²) in [6.45, 7) is 0. The average molecular weight is 527 g/mol. The maximum atomic E-state index is 12.7. The van der Waals surface area contributed by atoms with Gasteiger partial charge in [-0.05, 0) is 49.2 Å². The molecule has 0 unspecified atom stereocenters. The van der Waals surface area contributed by atoms with Crippen molar-refractivity contribution in [2.45, 2.75) is 19.2 Å². The predicted molar refractivity (Wildman–Crippen MR) is 128 cm³/mol. The molecule has 2 aromatic heterocycles. The first-order chi connectivity index (χ1) is 18.2. The molecule has 0 aliphatic heterocycles. The summed E-state index contributed by atoms with van der Waals surface area (Å²) in [4.78, 5) is 29.0. The first-order valence-corrected chi connectivity index (χ1v) is 11.4. The minimum absolute atomic E-state index is 0.0315. The van der Waals surface area contributed by atoms with E-state index in [0.29, 0.717) is 22.9 Å². The monoisotopic (exact) mass is 527 g/mol. The smallest absolute Gasteiger partial charge is 0.493 e. The third-order valence-corrected chi connectivity index (χ3v) is 5.46. The fourth-order valence-electron chi connectivity index (χ4n) is 3.54. The summed E-state index contributed by atoms with van der Waals surface area (Å²) in [6, 6.07) is 12.5. The van der Waals surface area contributed by atoms with Crippen LogP contribution in [0.2, 0.25) is 0 Å². The summed E-state index contributed by atoms with van der Waals surface area (Å²) < 4.78 is 54.1. The lowest BCUT2D eigenvalue weighted by Crippen LogP contribution is -2.18. The average Bonchev–Trinajstić information content (AvgIpc) is 3.64. The van der Waals surface area contributed by atoms with Crippen LogP contribution in [0.25, 0.3) is 5.65 Å². The number of halogens is 3. The van der Waals surface area contributed by atoms with Gasteiger partial charge in [0.1, 0.15) is 5.75 Å². The van der Waals surface area contributed by atoms with Gasteiger partial charge in [-0.15, -0.1) is 18.3 Å². The topological polar surface area (TPSA) is 116 Å². The Morgan fingerprint density at radius 3 is 2.58 bits per heavy atom. The largest absolute Gasteiger partial charge is 0.573 e. The zero-order chi connectivity index (χ0) is 26.9. The number of rotatable bonds is 8. The molecule has 0 spiro atoms. The van der Waals surface area contributed by atoms with Gasteiger partial charge in [0, 0.05) is 29.3 Å². The molecule has 2 heterocycles. The molecule has 2 N–H and O–H groups in total. The molecule has 196 valence electrons. The molecule has 1 saturated carbocycles. The number of anilines is 2. The van der Waals surface area contributed by atoms with Crippen LogP contribution in [0.5, 0.6) is 23.1 Å². The Kier molecular flexibility index (Phi) is 6.49. The highest BCUT2D eigenvalue weighted by atomic mass is 19.4. The first-order valence-electron chi connectivity index (χ1n) is 11.4. The summed E-state index contributed by atoms with van der Waals surface area (Å²) in [6.07, 6.45) is -1.57. The lowest BCUT2D eigenvalue weighted by atomic mass is 10.2. The van der Waals surface area contributed by atoms with E-state index < -0.39 is 18.0 Å². The van der Waals surface area contributed by atoms with Crippen LogP contribution in [0.1, 0.15) is 23.2 Å². The van der Waals surface area contributed by atoms with Crippen LogP contribution < -0.4 is 24.8 Å². The molecule has 5 rings (SSSR count). The number of nitrogens with one attached hydrogen (secondary N) is 2. The number of alkyl halides is 3. The van der Waals surface area contributed by atoms with E-state index in [-0.39, 0.29) is 29.0 Å². The number of nitrogens with zero attached hydrogens (tertiary/aromatic N) is 3. The van der Waals surface area contributed by atoms with E-state index in [1.54, 1.807) is 30.5 Å². The molecule has 4 aromatic rings. The number of fused-ring (bicyclic) bond motifs is 1. The second-order valence-electron chi connectivity index (χ2n) is 8.36. The number of amides is 2. The van der Waals surface area contributed by atoms with Gasteiger partial charge in [0.15, 0.2) is 23.0 Å². The van der Waals surface area contributed by atoms with Crippen molar-refractivity contribution in [3.05, 3.63) is 66.4 Å². The van der Waals surface area contributed by atoms with Gasteiger partial charge in [0.2, 0.25) is 11.8 Å². The van der Waals surface area contributed by atoms with Gasteiger partial charge in [0.05, 0.1) is 13.3 Å². The van der Waals surface area contributed by atoms with E-state index in [2.05, 4.69) is 25.5 Å². The SMILES string of the molecule is COc1ccc(NC(=O)c2cccc(OC(F)(F)F)c2)cc1Oc1ccc2nc(NC(=O)C3CC3)cn2n1. The fraction of sp³-hybridized carbons (Fsp3) is 0.200. The highest BCUT2D eigenvalue weighted by molar-refractivity contribution is 6.04. The van der Waals surface area contributed by atoms with Crippen LogP contribution in [0.3, 0.4) is 0 Å². The maximum absolute atomic E-state index is 12.7. The Hall–Kier alpha value is -4.81. The summed E-state index contributed by atoms with van der Waals surface area (Å²) in [7, 11) is 1.44. The Morgan fingerprint density at radius 2 is 1.84 bits per heavy atom. The van der Waals surface area contributed by atoms with Crippen LogP contribution in [-0.2, 0) is 4.79 Å². The van der Waals surface area contributed by atoms with Gasteiger partial charge in [-0.1, -0.05) is 6.07 Å². The van der Waals surface area contributed by atoms with Crippen molar-refractivity contribution >= 4 is 29.0 Å². The normalized spacial score (nSPS) is 13.2. The van der Waals surface area contributed by atoms with Gasteiger partial charge < -0.3 is 24.8 Å². The number of benzene rings is 2. The van der Waals surface area contributed by atoms with Gasteiger partial charge in [-0.25, -0.2) is 9.50 Å². The second kappa shape index (κ2) is 9.92. The van der Waals surface area contributed by atoms with Crippen LogP contribution in [0, 0.1) is 5.92 Å². The molecule has 0 radical (unpaired) electrons. The zero-order valence-corrected chi connectivity index (χ0v) is 19.8. The number of hydrogen-bond acceptors (Lipinski definition) is 7. The van der Waals surface area contributed by atoms with Crippen molar-refractivity contribution in [2.24, 2.45) is 5.92 Å². The maximum Gasteiger partial charge on any atom is 0.573 e. The van der Waals surface area contributed by atoms with Crippen LogP contribution in [0.15, 0.2) is 60.8 Å². The van der Waals surface area contributed by atoms with Crippen molar-refractivity contribution in [3.63, 3.8) is 0 Å². The lowest BCUT2D eigenvalue weighted by molar-refractivity contribution is -0.274. The Balaban J connectivity index is 1.32. The highest BCUT2D eigenvalue weighted by Crippen LogP contribution is 2.34. The van der Waals surface area contributed by atoms with Crippen molar-refractivity contribution in [1.82, 2.24) is 14.6 Å². The van der Waals surface area contributed by atoms with E-state index in [1.165, 1.54) is 29.8 Å². The molecule has 0 bridgehead atoms. The summed E-state index contributed by atoms with van der Waals surface area (Å²) in [5.41, 5.74) is 0.747. The van der Waals surface area contributed by atoms with Gasteiger partial charge in [-0.2, -0.15) is 0 Å². The highest BCUT2D eigenvalue weighted by Gasteiger charge is 2.31. The molecule has 38 heavy (non-hydrogen) atoms. The molecule has 13 heteroatoms. The predicted octanol–water partition coefficient (Wildman–Crippen LogP) is 5.03. The van der Waals surface area contributed by atoms with Crippen molar-refractivity contribution in [1.29, 1.82) is 0 Å². The number of ether oxygens (including phenoxy) is 3. The van der Waals surface area contributed by atoms with Crippen LogP contribution >= 0.6 is 0 Å². The minimum atomic E-state index is -4.88. The molecule has 1 fully saturated rings. The molecule has 0 atom stereocenters. The number of hydrogen-bond donors (Lipinski definition) is 2. The lowest BCUT2D eigenvalue weighted by Gasteiger charge is -2.13. The third kappa shape index (κ3) is 5.94. The Morgan fingerprint density at radius 1 is 1.03 bits per heavy atom. The molecule has 1 aliphatic rings. The van der Waals surface area contributed by atoms with Crippen LogP contribution in [0.4, 0.5) is 24.7 Å². The molecule has 10 nitrogen and oxygen atoms in total. The molecular weight excluding hydrogens is 507 g/mol. The zero-order valence-electron chi connectivity index (χ0n) is 19.8. The van der Waals surface area contributed by atoms with Gasteiger partial charge in [-0.3, -0.25) is 9.59 Å². The quantitative estimate of drug-likeness (QED) is 0.330. The van der Waals surface area contributed by atoms with Gasteiger partial charge in [0.25, 0.3) is 5.91 Å². The first kappa shape index (κ1) is 24.9. The van der Waals surface area contributed by atoms with Crippen molar-refractivity contribution in [2.75, 3.05) is 17.7 Å². The number of imidazole rings is 1. The second-order valence-corrected chi connectivity index (χ2v) is 8.36. The van der Waals surface area contributed by atoms with E-state index in [9.17, 15) is 22.8 Å². The Bertz CT molecular complexity index is 1520. The van der Waals surface area contributed by atoms with E-state index in [1.807, 2.05) is 0 Å². The van der Waals surface area contributed by atoms with Crippen molar-refractivity contribution < 1.29 is 37.0 Å². The third-order valence-electron chi connectivity index (χ3n) is 5.46. The molecule has 0 saturated heterocycles.